The molecule has 0 spiro atoms. The van der Waals surface area contributed by atoms with Gasteiger partial charge in [0.1, 0.15) is 12.8 Å². The van der Waals surface area contributed by atoms with Crippen molar-refractivity contribution >= 4 is 38.1 Å². The lowest BCUT2D eigenvalue weighted by Crippen LogP contribution is -2.54. The monoisotopic (exact) mass is 254 g/mol. The Morgan fingerprint density at radius 1 is 1.60 bits per heavy atom. The van der Waals surface area contributed by atoms with E-state index in [1.165, 1.54) is 0 Å². The van der Waals surface area contributed by atoms with Crippen LogP contribution in [0.1, 0.15) is 6.92 Å². The highest BCUT2D eigenvalue weighted by Gasteiger charge is 2.55. The van der Waals surface area contributed by atoms with E-state index in [4.69, 9.17) is 10.8 Å². The Labute approximate surface area is 102 Å². The Morgan fingerprint density at radius 3 is 2.53 bits per heavy atom. The zero-order chi connectivity index (χ0) is 9.64. The standard InChI is InChI=1S/C8H15BN2O2.2ClH/c1-4-6(9-4)5-2-11-3-8(5,10)7(12)13;;/h4-6,9,11H,2-3,10H2,1H3,(H,12,13);2*1H/t4?,5-,6?,8+;;/m1../s1. The number of halogens is 2. The van der Waals surface area contributed by atoms with E-state index in [1.807, 2.05) is 0 Å². The third-order valence-electron chi connectivity index (χ3n) is 3.53. The second kappa shape index (κ2) is 4.91. The molecule has 2 saturated heterocycles. The first kappa shape index (κ1) is 15.0. The lowest BCUT2D eigenvalue weighted by Gasteiger charge is -2.26. The molecule has 4 atom stereocenters. The first-order valence-electron chi connectivity index (χ1n) is 4.78. The number of carbonyl (C=O) groups is 1. The van der Waals surface area contributed by atoms with Crippen LogP contribution < -0.4 is 11.1 Å². The van der Waals surface area contributed by atoms with Gasteiger partial charge < -0.3 is 16.2 Å². The van der Waals surface area contributed by atoms with Crippen LogP contribution in [0.5, 0.6) is 0 Å². The van der Waals surface area contributed by atoms with Gasteiger partial charge in [-0.3, -0.25) is 4.79 Å². The van der Waals surface area contributed by atoms with Crippen molar-refractivity contribution in [3.8, 4) is 0 Å². The first-order chi connectivity index (χ1) is 6.05. The predicted octanol–water partition coefficient (Wildman–Crippen LogP) is -0.121. The smallest absolute Gasteiger partial charge is 0.325 e. The van der Waals surface area contributed by atoms with Crippen molar-refractivity contribution in [2.75, 3.05) is 13.1 Å². The van der Waals surface area contributed by atoms with Gasteiger partial charge in [-0.1, -0.05) is 18.6 Å². The third kappa shape index (κ3) is 2.41. The lowest BCUT2D eigenvalue weighted by molar-refractivity contribution is -0.144. The van der Waals surface area contributed by atoms with Crippen molar-refractivity contribution in [3.05, 3.63) is 0 Å². The molecule has 0 aromatic carbocycles. The summed E-state index contributed by atoms with van der Waals surface area (Å²) in [5.74, 6) is 0.449. The number of aliphatic carboxylic acids is 1. The number of carboxylic acid groups (broad SMARTS) is 1. The zero-order valence-corrected chi connectivity index (χ0v) is 10.2. The van der Waals surface area contributed by atoms with Crippen molar-refractivity contribution in [2.24, 2.45) is 11.7 Å². The minimum atomic E-state index is -1.02. The van der Waals surface area contributed by atoms with Gasteiger partial charge in [0.25, 0.3) is 0 Å². The number of rotatable bonds is 2. The van der Waals surface area contributed by atoms with Crippen LogP contribution in [0.4, 0.5) is 0 Å². The molecule has 0 radical (unpaired) electrons. The largest absolute Gasteiger partial charge is 0.480 e. The van der Waals surface area contributed by atoms with Crippen molar-refractivity contribution in [1.82, 2.24) is 5.32 Å². The summed E-state index contributed by atoms with van der Waals surface area (Å²) in [6, 6.07) is 0. The molecule has 0 aromatic heterocycles. The van der Waals surface area contributed by atoms with Gasteiger partial charge in [-0.25, -0.2) is 0 Å². The summed E-state index contributed by atoms with van der Waals surface area (Å²) in [6.07, 6.45) is 0. The van der Waals surface area contributed by atoms with Crippen LogP contribution in [-0.4, -0.2) is 37.0 Å². The lowest BCUT2D eigenvalue weighted by atomic mass is 9.79. The van der Waals surface area contributed by atoms with E-state index >= 15 is 0 Å². The maximum atomic E-state index is 11.0. The summed E-state index contributed by atoms with van der Waals surface area (Å²) < 4.78 is 0. The molecule has 2 unspecified atom stereocenters. The third-order valence-corrected chi connectivity index (χ3v) is 3.53. The summed E-state index contributed by atoms with van der Waals surface area (Å²) in [7, 11) is 1.14. The topological polar surface area (TPSA) is 75.3 Å². The molecular formula is C8H17BCl2N2O2. The highest BCUT2D eigenvalue weighted by molar-refractivity contribution is 6.53. The molecule has 0 saturated carbocycles. The van der Waals surface area contributed by atoms with Crippen molar-refractivity contribution in [1.29, 1.82) is 0 Å². The Morgan fingerprint density at radius 2 is 2.13 bits per heavy atom. The number of carboxylic acids is 1. The maximum Gasteiger partial charge on any atom is 0.325 e. The summed E-state index contributed by atoms with van der Waals surface area (Å²) in [5.41, 5.74) is 4.87. The van der Waals surface area contributed by atoms with E-state index in [2.05, 4.69) is 12.2 Å². The van der Waals surface area contributed by atoms with E-state index in [-0.39, 0.29) is 30.7 Å². The normalized spacial score (nSPS) is 42.1. The van der Waals surface area contributed by atoms with Crippen molar-refractivity contribution < 1.29 is 9.90 Å². The molecule has 2 aliphatic heterocycles. The van der Waals surface area contributed by atoms with Crippen LogP contribution in [0.25, 0.3) is 0 Å². The minimum absolute atomic E-state index is 0. The predicted molar refractivity (Wildman–Crippen MR) is 65.7 cm³/mol. The van der Waals surface area contributed by atoms with Gasteiger partial charge in [-0.05, 0) is 5.92 Å². The Balaban J connectivity index is 0.000000980. The fourth-order valence-electron chi connectivity index (χ4n) is 2.43. The molecular weight excluding hydrogens is 238 g/mol. The molecule has 4 N–H and O–H groups in total. The fourth-order valence-corrected chi connectivity index (χ4v) is 2.43. The SMILES string of the molecule is CC1BC1[C@H]1CNC[C@@]1(N)C(=O)O.Cl.Cl. The highest BCUT2D eigenvalue weighted by atomic mass is 35.5. The average molecular weight is 255 g/mol. The number of hydrogen-bond donors (Lipinski definition) is 3. The summed E-state index contributed by atoms with van der Waals surface area (Å²) in [4.78, 5) is 11.0. The van der Waals surface area contributed by atoms with Gasteiger partial charge in [0.05, 0.1) is 0 Å². The quantitative estimate of drug-likeness (QED) is 0.601. The molecule has 15 heavy (non-hydrogen) atoms. The van der Waals surface area contributed by atoms with Gasteiger partial charge in [0, 0.05) is 13.1 Å². The highest BCUT2D eigenvalue weighted by Crippen LogP contribution is 2.50. The molecule has 88 valence electrons. The minimum Gasteiger partial charge on any atom is -0.480 e. The Hall–Kier alpha value is 0.0349. The molecule has 0 amide bonds. The Kier molecular flexibility index (Phi) is 4.92. The van der Waals surface area contributed by atoms with Crippen LogP contribution in [-0.2, 0) is 4.79 Å². The Bertz CT molecular complexity index is 257. The molecule has 2 rings (SSSR count). The molecule has 0 aliphatic carbocycles. The molecule has 7 heteroatoms. The van der Waals surface area contributed by atoms with E-state index in [0.29, 0.717) is 18.2 Å². The first-order valence-corrected chi connectivity index (χ1v) is 4.78. The zero-order valence-electron chi connectivity index (χ0n) is 8.60. The second-order valence-electron chi connectivity index (χ2n) is 4.46. The van der Waals surface area contributed by atoms with Crippen LogP contribution in [0.15, 0.2) is 0 Å². The van der Waals surface area contributed by atoms with Crippen LogP contribution in [0, 0.1) is 5.92 Å². The van der Waals surface area contributed by atoms with Gasteiger partial charge >= 0.3 is 5.97 Å². The molecule has 0 bridgehead atoms. The summed E-state index contributed by atoms with van der Waals surface area (Å²) in [6.45, 7) is 3.33. The van der Waals surface area contributed by atoms with E-state index in [9.17, 15) is 4.79 Å². The van der Waals surface area contributed by atoms with Crippen LogP contribution in [0.2, 0.25) is 11.6 Å². The molecule has 2 aliphatic rings. The second-order valence-corrected chi connectivity index (χ2v) is 4.46. The van der Waals surface area contributed by atoms with E-state index in [0.717, 1.165) is 13.8 Å². The van der Waals surface area contributed by atoms with Gasteiger partial charge in [-0.2, -0.15) is 0 Å². The van der Waals surface area contributed by atoms with Crippen molar-refractivity contribution in [3.63, 3.8) is 0 Å². The maximum absolute atomic E-state index is 11.0. The molecule has 0 aromatic rings. The average Bonchev–Trinajstić information content (AvgIpc) is 2.60. The van der Waals surface area contributed by atoms with E-state index in [1.54, 1.807) is 0 Å². The number of hydrogen-bond acceptors (Lipinski definition) is 3. The molecule has 4 nitrogen and oxygen atoms in total. The van der Waals surface area contributed by atoms with E-state index < -0.39 is 11.5 Å². The molecule has 2 heterocycles. The number of nitrogens with two attached hydrogens (primary N) is 1. The summed E-state index contributed by atoms with van der Waals surface area (Å²) in [5, 5.41) is 12.1. The van der Waals surface area contributed by atoms with Gasteiger partial charge in [0.2, 0.25) is 0 Å². The van der Waals surface area contributed by atoms with Crippen LogP contribution >= 0.6 is 24.8 Å². The fraction of sp³-hybridized carbons (Fsp3) is 0.875. The van der Waals surface area contributed by atoms with Gasteiger partial charge in [-0.15, -0.1) is 24.8 Å². The summed E-state index contributed by atoms with van der Waals surface area (Å²) >= 11 is 0. The van der Waals surface area contributed by atoms with Crippen LogP contribution in [0.3, 0.4) is 0 Å². The molecule has 2 fully saturated rings. The van der Waals surface area contributed by atoms with Crippen molar-refractivity contribution in [2.45, 2.75) is 24.1 Å². The van der Waals surface area contributed by atoms with Gasteiger partial charge in [0.15, 0.2) is 0 Å². The number of nitrogens with one attached hydrogen (secondary N) is 1.